The molecule has 2 aliphatic rings. The fourth-order valence-electron chi connectivity index (χ4n) is 4.53. The first kappa shape index (κ1) is 22.1. The maximum absolute atomic E-state index is 13.0. The van der Waals surface area contributed by atoms with Gasteiger partial charge in [0.25, 0.3) is 5.91 Å². The van der Waals surface area contributed by atoms with E-state index in [4.69, 9.17) is 4.74 Å². The minimum atomic E-state index is -0.289. The van der Waals surface area contributed by atoms with Crippen molar-refractivity contribution in [1.82, 2.24) is 5.32 Å². The second kappa shape index (κ2) is 9.49. The molecule has 30 heavy (non-hydrogen) atoms. The molecular formula is C23H28ClN3O3. The Bertz CT molecular complexity index is 886. The van der Waals surface area contributed by atoms with Crippen molar-refractivity contribution in [2.45, 2.75) is 25.7 Å². The van der Waals surface area contributed by atoms with Gasteiger partial charge in [0.05, 0.1) is 12.5 Å². The number of rotatable bonds is 5. The van der Waals surface area contributed by atoms with E-state index in [9.17, 15) is 9.59 Å². The lowest BCUT2D eigenvalue weighted by atomic mass is 9.67. The maximum Gasteiger partial charge on any atom is 0.255 e. The monoisotopic (exact) mass is 429 g/mol. The van der Waals surface area contributed by atoms with Crippen LogP contribution in [0.3, 0.4) is 0 Å². The molecule has 1 saturated heterocycles. The summed E-state index contributed by atoms with van der Waals surface area (Å²) in [6.45, 7) is 1.68. The van der Waals surface area contributed by atoms with Crippen molar-refractivity contribution in [3.63, 3.8) is 0 Å². The summed E-state index contributed by atoms with van der Waals surface area (Å²) in [5, 5.41) is 9.34. The van der Waals surface area contributed by atoms with E-state index in [2.05, 4.69) is 16.0 Å². The molecule has 2 aromatic rings. The van der Waals surface area contributed by atoms with Gasteiger partial charge in [-0.25, -0.2) is 0 Å². The second-order valence-electron chi connectivity index (χ2n) is 7.94. The molecular weight excluding hydrogens is 402 g/mol. The van der Waals surface area contributed by atoms with Crippen molar-refractivity contribution in [1.29, 1.82) is 0 Å². The van der Waals surface area contributed by atoms with Gasteiger partial charge >= 0.3 is 0 Å². The Morgan fingerprint density at radius 2 is 1.67 bits per heavy atom. The first-order valence-corrected chi connectivity index (χ1v) is 10.2. The van der Waals surface area contributed by atoms with Gasteiger partial charge in [0.2, 0.25) is 5.91 Å². The summed E-state index contributed by atoms with van der Waals surface area (Å²) in [5.41, 5.74) is 1.67. The fraction of sp³-hybridized carbons (Fsp3) is 0.391. The molecule has 160 valence electrons. The number of hydrogen-bond acceptors (Lipinski definition) is 4. The summed E-state index contributed by atoms with van der Waals surface area (Å²) in [5.74, 6) is 1.06. The first-order chi connectivity index (χ1) is 14.1. The van der Waals surface area contributed by atoms with Crippen LogP contribution in [0.2, 0.25) is 0 Å². The quantitative estimate of drug-likeness (QED) is 0.668. The van der Waals surface area contributed by atoms with E-state index >= 15 is 0 Å². The molecule has 0 spiro atoms. The Kier molecular flexibility index (Phi) is 7.00. The molecule has 1 saturated carbocycles. The Hall–Kier alpha value is -2.57. The van der Waals surface area contributed by atoms with E-state index in [1.165, 1.54) is 6.42 Å². The van der Waals surface area contributed by atoms with Gasteiger partial charge in [-0.15, -0.1) is 12.4 Å². The van der Waals surface area contributed by atoms with Crippen LogP contribution >= 0.6 is 12.4 Å². The molecule has 2 amide bonds. The van der Waals surface area contributed by atoms with Crippen LogP contribution in [0.1, 0.15) is 36.0 Å². The van der Waals surface area contributed by atoms with Crippen LogP contribution < -0.4 is 20.7 Å². The number of hydrogen-bond donors (Lipinski definition) is 3. The topological polar surface area (TPSA) is 79.5 Å². The molecule has 4 rings (SSSR count). The lowest BCUT2D eigenvalue weighted by Crippen LogP contribution is -2.44. The van der Waals surface area contributed by atoms with Crippen molar-refractivity contribution in [3.05, 3.63) is 54.1 Å². The van der Waals surface area contributed by atoms with Crippen molar-refractivity contribution in [2.75, 3.05) is 30.8 Å². The van der Waals surface area contributed by atoms with E-state index in [0.29, 0.717) is 17.2 Å². The number of anilines is 2. The number of amides is 2. The van der Waals surface area contributed by atoms with E-state index in [1.54, 1.807) is 55.6 Å². The largest absolute Gasteiger partial charge is 0.497 e. The summed E-state index contributed by atoms with van der Waals surface area (Å²) >= 11 is 0. The smallest absolute Gasteiger partial charge is 0.255 e. The summed E-state index contributed by atoms with van der Waals surface area (Å²) < 4.78 is 5.12. The van der Waals surface area contributed by atoms with Crippen LogP contribution in [0.25, 0.3) is 0 Å². The highest BCUT2D eigenvalue weighted by atomic mass is 35.5. The molecule has 2 atom stereocenters. The third-order valence-electron chi connectivity index (χ3n) is 6.24. The van der Waals surface area contributed by atoms with Crippen molar-refractivity contribution < 1.29 is 14.3 Å². The maximum atomic E-state index is 13.0. The molecule has 2 fully saturated rings. The average Bonchev–Trinajstić information content (AvgIpc) is 3.20. The van der Waals surface area contributed by atoms with Gasteiger partial charge in [-0.1, -0.05) is 12.8 Å². The SMILES string of the molecule is COc1ccc(NC(=O)c2ccc(NC(=O)[C@@]34CCCC[C@H]3CNC4)cc2)cc1.Cl. The standard InChI is InChI=1S/C23H27N3O3.ClH/c1-29-20-11-9-18(10-12-20)25-21(27)16-5-7-19(8-6-16)26-22(28)23-13-3-2-4-17(23)14-24-15-23;/h5-12,17,24H,2-4,13-15H2,1H3,(H,25,27)(H,26,28);1H/t17-,23+;/m0./s1. The lowest BCUT2D eigenvalue weighted by Gasteiger charge is -2.37. The Morgan fingerprint density at radius 3 is 2.37 bits per heavy atom. The fourth-order valence-corrected chi connectivity index (χ4v) is 4.53. The van der Waals surface area contributed by atoms with Gasteiger partial charge < -0.3 is 20.7 Å². The van der Waals surface area contributed by atoms with Gasteiger partial charge in [-0.2, -0.15) is 0 Å². The van der Waals surface area contributed by atoms with E-state index in [1.807, 2.05) is 0 Å². The van der Waals surface area contributed by atoms with Crippen LogP contribution in [0.4, 0.5) is 11.4 Å². The van der Waals surface area contributed by atoms with Gasteiger partial charge in [0.15, 0.2) is 0 Å². The minimum Gasteiger partial charge on any atom is -0.497 e. The molecule has 1 aliphatic heterocycles. The number of benzene rings is 2. The van der Waals surface area contributed by atoms with Crippen LogP contribution in [-0.4, -0.2) is 32.0 Å². The van der Waals surface area contributed by atoms with Gasteiger partial charge in [0, 0.05) is 23.5 Å². The molecule has 7 heteroatoms. The minimum absolute atomic E-state index is 0. The number of ether oxygens (including phenoxy) is 1. The number of halogens is 1. The average molecular weight is 430 g/mol. The summed E-state index contributed by atoms with van der Waals surface area (Å²) in [6, 6.07) is 14.2. The molecule has 0 radical (unpaired) electrons. The summed E-state index contributed by atoms with van der Waals surface area (Å²) in [4.78, 5) is 25.5. The van der Waals surface area contributed by atoms with Gasteiger partial charge in [0.1, 0.15) is 5.75 Å². The van der Waals surface area contributed by atoms with Gasteiger partial charge in [-0.05, 0) is 73.8 Å². The molecule has 2 aromatic carbocycles. The third-order valence-corrected chi connectivity index (χ3v) is 6.24. The lowest BCUT2D eigenvalue weighted by molar-refractivity contribution is -0.128. The number of carbonyl (C=O) groups excluding carboxylic acids is 2. The van der Waals surface area contributed by atoms with Crippen molar-refractivity contribution in [3.8, 4) is 5.75 Å². The summed E-state index contributed by atoms with van der Waals surface area (Å²) in [7, 11) is 1.60. The molecule has 6 nitrogen and oxygen atoms in total. The van der Waals surface area contributed by atoms with Crippen molar-refractivity contribution in [2.24, 2.45) is 11.3 Å². The Balaban J connectivity index is 0.00000256. The highest BCUT2D eigenvalue weighted by Crippen LogP contribution is 2.44. The van der Waals surface area contributed by atoms with E-state index < -0.39 is 0 Å². The number of fused-ring (bicyclic) bond motifs is 1. The van der Waals surface area contributed by atoms with Crippen LogP contribution in [-0.2, 0) is 4.79 Å². The highest BCUT2D eigenvalue weighted by Gasteiger charge is 2.49. The van der Waals surface area contributed by atoms with Crippen LogP contribution in [0.5, 0.6) is 5.75 Å². The second-order valence-corrected chi connectivity index (χ2v) is 7.94. The molecule has 1 heterocycles. The number of methoxy groups -OCH3 is 1. The van der Waals surface area contributed by atoms with E-state index in [0.717, 1.165) is 43.8 Å². The zero-order valence-electron chi connectivity index (χ0n) is 17.1. The Labute approximate surface area is 183 Å². The number of carbonyl (C=O) groups is 2. The predicted octanol–water partition coefficient (Wildman–Crippen LogP) is 4.09. The molecule has 0 unspecified atom stereocenters. The molecule has 3 N–H and O–H groups in total. The normalized spacial score (nSPS) is 22.4. The first-order valence-electron chi connectivity index (χ1n) is 10.2. The third kappa shape index (κ3) is 4.45. The zero-order chi connectivity index (χ0) is 20.3. The molecule has 1 aliphatic carbocycles. The molecule has 0 aromatic heterocycles. The highest BCUT2D eigenvalue weighted by molar-refractivity contribution is 6.04. The van der Waals surface area contributed by atoms with Crippen molar-refractivity contribution >= 4 is 35.6 Å². The van der Waals surface area contributed by atoms with Gasteiger partial charge in [-0.3, -0.25) is 9.59 Å². The Morgan fingerprint density at radius 1 is 1.00 bits per heavy atom. The number of nitrogens with one attached hydrogen (secondary N) is 3. The molecule has 0 bridgehead atoms. The van der Waals surface area contributed by atoms with Crippen LogP contribution in [0.15, 0.2) is 48.5 Å². The zero-order valence-corrected chi connectivity index (χ0v) is 17.9. The van der Waals surface area contributed by atoms with E-state index in [-0.39, 0.29) is 29.6 Å². The van der Waals surface area contributed by atoms with Crippen LogP contribution in [0, 0.1) is 11.3 Å². The predicted molar refractivity (Wildman–Crippen MR) is 121 cm³/mol. The summed E-state index contributed by atoms with van der Waals surface area (Å²) in [6.07, 6.45) is 4.37.